The highest BCUT2D eigenvalue weighted by Gasteiger charge is 2.19. The first kappa shape index (κ1) is 19.6. The van der Waals surface area contributed by atoms with E-state index in [0.717, 1.165) is 64.3 Å². The predicted molar refractivity (Wildman–Crippen MR) is 103 cm³/mol. The fourth-order valence-electron chi connectivity index (χ4n) is 3.42. The largest absolute Gasteiger partial charge is 0.495 e. The first-order valence-electron chi connectivity index (χ1n) is 9.57. The maximum atomic E-state index is 12.0. The lowest BCUT2D eigenvalue weighted by Crippen LogP contribution is -2.47. The number of methoxy groups -OCH3 is 1. The molecule has 0 unspecified atom stereocenters. The van der Waals surface area contributed by atoms with Crippen LogP contribution in [0.5, 0.6) is 5.75 Å². The van der Waals surface area contributed by atoms with E-state index in [1.165, 1.54) is 5.69 Å². The third kappa shape index (κ3) is 5.63. The minimum absolute atomic E-state index is 0.171. The van der Waals surface area contributed by atoms with Crippen molar-refractivity contribution < 1.29 is 9.53 Å². The van der Waals surface area contributed by atoms with E-state index < -0.39 is 0 Å². The summed E-state index contributed by atoms with van der Waals surface area (Å²) >= 11 is 0. The number of hydrogen-bond acceptors (Lipinski definition) is 4. The molecule has 0 aromatic heterocycles. The molecule has 1 saturated heterocycles. The van der Waals surface area contributed by atoms with Gasteiger partial charge < -0.3 is 15.0 Å². The first-order valence-corrected chi connectivity index (χ1v) is 9.57. The molecule has 1 fully saturated rings. The number of rotatable bonds is 9. The van der Waals surface area contributed by atoms with Gasteiger partial charge in [-0.25, -0.2) is 0 Å². The molecule has 0 bridgehead atoms. The van der Waals surface area contributed by atoms with Gasteiger partial charge in [-0.05, 0) is 37.9 Å². The quantitative estimate of drug-likeness (QED) is 0.698. The Morgan fingerprint density at radius 2 is 1.84 bits per heavy atom. The van der Waals surface area contributed by atoms with Crippen molar-refractivity contribution in [3.63, 3.8) is 0 Å². The van der Waals surface area contributed by atoms with E-state index in [1.54, 1.807) is 7.11 Å². The van der Waals surface area contributed by atoms with E-state index >= 15 is 0 Å². The molecule has 1 amide bonds. The van der Waals surface area contributed by atoms with Gasteiger partial charge in [0.05, 0.1) is 12.8 Å². The Hall–Kier alpha value is -1.75. The predicted octanol–water partition coefficient (Wildman–Crippen LogP) is 2.76. The van der Waals surface area contributed by atoms with Gasteiger partial charge in [0.25, 0.3) is 0 Å². The average molecular weight is 348 g/mol. The number of para-hydroxylation sites is 2. The van der Waals surface area contributed by atoms with Crippen molar-refractivity contribution in [2.75, 3.05) is 51.3 Å². The topological polar surface area (TPSA) is 44.8 Å². The van der Waals surface area contributed by atoms with Crippen LogP contribution >= 0.6 is 0 Å². The van der Waals surface area contributed by atoms with Gasteiger partial charge in [-0.15, -0.1) is 0 Å². The normalized spacial score (nSPS) is 15.4. The van der Waals surface area contributed by atoms with E-state index in [-0.39, 0.29) is 11.8 Å². The molecule has 140 valence electrons. The van der Waals surface area contributed by atoms with Crippen LogP contribution in [0.4, 0.5) is 5.69 Å². The van der Waals surface area contributed by atoms with Crippen molar-refractivity contribution in [1.82, 2.24) is 10.2 Å². The Bertz CT molecular complexity index is 523. The van der Waals surface area contributed by atoms with Crippen molar-refractivity contribution in [2.45, 2.75) is 33.1 Å². The third-order valence-electron chi connectivity index (χ3n) is 5.10. The second kappa shape index (κ2) is 10.3. The molecular weight excluding hydrogens is 314 g/mol. The summed E-state index contributed by atoms with van der Waals surface area (Å²) in [5.41, 5.74) is 1.18. The third-order valence-corrected chi connectivity index (χ3v) is 5.10. The van der Waals surface area contributed by atoms with Crippen LogP contribution in [0.3, 0.4) is 0 Å². The molecule has 5 nitrogen and oxygen atoms in total. The van der Waals surface area contributed by atoms with Crippen LogP contribution < -0.4 is 15.0 Å². The van der Waals surface area contributed by atoms with E-state index in [4.69, 9.17) is 4.74 Å². The van der Waals surface area contributed by atoms with E-state index in [9.17, 15) is 4.79 Å². The van der Waals surface area contributed by atoms with Gasteiger partial charge in [0.15, 0.2) is 0 Å². The number of carbonyl (C=O) groups is 1. The Labute approximate surface area is 152 Å². The number of piperazine rings is 1. The van der Waals surface area contributed by atoms with Gasteiger partial charge in [-0.3, -0.25) is 9.69 Å². The lowest BCUT2D eigenvalue weighted by Gasteiger charge is -2.36. The number of nitrogens with one attached hydrogen (secondary N) is 1. The Kier molecular flexibility index (Phi) is 8.06. The number of anilines is 1. The van der Waals surface area contributed by atoms with E-state index in [2.05, 4.69) is 41.1 Å². The molecule has 2 rings (SSSR count). The lowest BCUT2D eigenvalue weighted by molar-refractivity contribution is -0.125. The number of amides is 1. The molecule has 1 N–H and O–H groups in total. The van der Waals surface area contributed by atoms with Crippen molar-refractivity contribution in [1.29, 1.82) is 0 Å². The number of benzene rings is 1. The summed E-state index contributed by atoms with van der Waals surface area (Å²) in [6.07, 6.45) is 2.86. The number of nitrogens with zero attached hydrogens (tertiary/aromatic N) is 2. The zero-order chi connectivity index (χ0) is 18.1. The maximum Gasteiger partial charge on any atom is 0.223 e. The molecule has 0 aliphatic carbocycles. The smallest absolute Gasteiger partial charge is 0.223 e. The van der Waals surface area contributed by atoms with Crippen molar-refractivity contribution in [2.24, 2.45) is 5.92 Å². The highest BCUT2D eigenvalue weighted by molar-refractivity contribution is 5.78. The summed E-state index contributed by atoms with van der Waals surface area (Å²) in [5.74, 6) is 1.33. The molecule has 0 saturated carbocycles. The summed E-state index contributed by atoms with van der Waals surface area (Å²) in [4.78, 5) is 16.8. The number of ether oxygens (including phenoxy) is 1. The van der Waals surface area contributed by atoms with Crippen molar-refractivity contribution in [3.05, 3.63) is 24.3 Å². The van der Waals surface area contributed by atoms with Crippen LogP contribution in [0.1, 0.15) is 33.1 Å². The Morgan fingerprint density at radius 1 is 1.16 bits per heavy atom. The van der Waals surface area contributed by atoms with Gasteiger partial charge in [0.1, 0.15) is 5.75 Å². The summed E-state index contributed by atoms with van der Waals surface area (Å²) in [5, 5.41) is 3.08. The summed E-state index contributed by atoms with van der Waals surface area (Å²) < 4.78 is 5.47. The van der Waals surface area contributed by atoms with Crippen molar-refractivity contribution >= 4 is 11.6 Å². The SMILES string of the molecule is CCC(CC)C(=O)NCCCN1CCN(c2ccccc2OC)CC1. The molecule has 25 heavy (non-hydrogen) atoms. The lowest BCUT2D eigenvalue weighted by atomic mass is 10.0. The van der Waals surface area contributed by atoms with Crippen LogP contribution in [0.25, 0.3) is 0 Å². The average Bonchev–Trinajstić information content (AvgIpc) is 2.66. The van der Waals surface area contributed by atoms with Gasteiger partial charge >= 0.3 is 0 Å². The fraction of sp³-hybridized carbons (Fsp3) is 0.650. The molecule has 1 aliphatic rings. The molecule has 0 radical (unpaired) electrons. The van der Waals surface area contributed by atoms with Crippen LogP contribution in [0, 0.1) is 5.92 Å². The number of carbonyl (C=O) groups excluding carboxylic acids is 1. The molecule has 1 aromatic rings. The fourth-order valence-corrected chi connectivity index (χ4v) is 3.42. The van der Waals surface area contributed by atoms with Crippen LogP contribution in [0.15, 0.2) is 24.3 Å². The molecular formula is C20H33N3O2. The molecule has 0 spiro atoms. The molecule has 5 heteroatoms. The van der Waals surface area contributed by atoms with Gasteiger partial charge in [0.2, 0.25) is 5.91 Å². The second-order valence-corrected chi connectivity index (χ2v) is 6.66. The second-order valence-electron chi connectivity index (χ2n) is 6.66. The van der Waals surface area contributed by atoms with Gasteiger partial charge in [0, 0.05) is 38.6 Å². The highest BCUT2D eigenvalue weighted by atomic mass is 16.5. The summed E-state index contributed by atoms with van der Waals surface area (Å²) in [6.45, 7) is 10.1. The Balaban J connectivity index is 1.68. The monoisotopic (exact) mass is 347 g/mol. The van der Waals surface area contributed by atoms with Crippen LogP contribution in [-0.4, -0.2) is 57.2 Å². The molecule has 0 atom stereocenters. The van der Waals surface area contributed by atoms with Crippen molar-refractivity contribution in [3.8, 4) is 5.75 Å². The number of hydrogen-bond donors (Lipinski definition) is 1. The van der Waals surface area contributed by atoms with E-state index in [1.807, 2.05) is 12.1 Å². The molecule has 1 heterocycles. The zero-order valence-corrected chi connectivity index (χ0v) is 16.0. The van der Waals surface area contributed by atoms with Crippen LogP contribution in [-0.2, 0) is 4.79 Å². The maximum absolute atomic E-state index is 12.0. The highest BCUT2D eigenvalue weighted by Crippen LogP contribution is 2.28. The standard InChI is InChI=1S/C20H33N3O2/c1-4-17(5-2)20(24)21-11-8-12-22-13-15-23(16-14-22)18-9-6-7-10-19(18)25-3/h6-7,9-10,17H,4-5,8,11-16H2,1-3H3,(H,21,24). The molecule has 1 aromatic carbocycles. The van der Waals surface area contributed by atoms with Gasteiger partial charge in [-0.1, -0.05) is 26.0 Å². The van der Waals surface area contributed by atoms with Gasteiger partial charge in [-0.2, -0.15) is 0 Å². The zero-order valence-electron chi connectivity index (χ0n) is 16.0. The summed E-state index contributed by atoms with van der Waals surface area (Å²) in [6, 6.07) is 8.22. The summed E-state index contributed by atoms with van der Waals surface area (Å²) in [7, 11) is 1.73. The first-order chi connectivity index (χ1) is 12.2. The van der Waals surface area contributed by atoms with E-state index in [0.29, 0.717) is 0 Å². The minimum atomic E-state index is 0.171. The molecule has 1 aliphatic heterocycles. The van der Waals surface area contributed by atoms with Crippen LogP contribution in [0.2, 0.25) is 0 Å². The minimum Gasteiger partial charge on any atom is -0.495 e. The Morgan fingerprint density at radius 3 is 2.48 bits per heavy atom.